The van der Waals surface area contributed by atoms with Crippen LogP contribution in [-0.4, -0.2) is 34.5 Å². The highest BCUT2D eigenvalue weighted by molar-refractivity contribution is 5.48. The highest BCUT2D eigenvalue weighted by Gasteiger charge is 2.24. The van der Waals surface area contributed by atoms with Crippen molar-refractivity contribution in [3.05, 3.63) is 57.3 Å². The van der Waals surface area contributed by atoms with Gasteiger partial charge in [0.25, 0.3) is 5.56 Å². The van der Waals surface area contributed by atoms with E-state index in [4.69, 9.17) is 4.98 Å². The summed E-state index contributed by atoms with van der Waals surface area (Å²) in [6.07, 6.45) is 9.67. The molecule has 0 spiro atoms. The van der Waals surface area contributed by atoms with Gasteiger partial charge in [-0.3, -0.25) is 9.69 Å². The number of rotatable bonds is 4. The topological polar surface area (TPSA) is 52.2 Å². The Morgan fingerprint density at radius 3 is 2.48 bits per heavy atom. The van der Waals surface area contributed by atoms with Crippen LogP contribution in [0.25, 0.3) is 0 Å². The molecule has 0 unspecified atom stereocenters. The van der Waals surface area contributed by atoms with Crippen LogP contribution < -0.4 is 10.5 Å². The first kappa shape index (κ1) is 18.9. The van der Waals surface area contributed by atoms with Crippen LogP contribution in [0, 0.1) is 0 Å². The predicted octanol–water partition coefficient (Wildman–Crippen LogP) is 3.98. The van der Waals surface area contributed by atoms with Crippen molar-refractivity contribution in [2.75, 3.05) is 24.5 Å². The van der Waals surface area contributed by atoms with Crippen LogP contribution >= 0.6 is 0 Å². The Bertz CT molecular complexity index is 892. The second-order valence-corrected chi connectivity index (χ2v) is 9.03. The number of hydrogen-bond donors (Lipinski definition) is 1. The summed E-state index contributed by atoms with van der Waals surface area (Å²) in [5.74, 6) is 1.40. The van der Waals surface area contributed by atoms with Gasteiger partial charge in [-0.15, -0.1) is 0 Å². The molecule has 0 bridgehead atoms. The number of anilines is 1. The summed E-state index contributed by atoms with van der Waals surface area (Å²) < 4.78 is 0. The molecule has 5 rings (SSSR count). The largest absolute Gasteiger partial charge is 0.372 e. The Morgan fingerprint density at radius 2 is 1.72 bits per heavy atom. The summed E-state index contributed by atoms with van der Waals surface area (Å²) in [4.78, 5) is 25.7. The quantitative estimate of drug-likeness (QED) is 0.855. The Labute approximate surface area is 173 Å². The number of nitrogens with zero attached hydrogens (tertiary/aromatic N) is 3. The molecule has 1 aromatic heterocycles. The first-order valence-electron chi connectivity index (χ1n) is 11.4. The molecular weight excluding hydrogens is 360 g/mol. The van der Waals surface area contributed by atoms with Crippen molar-refractivity contribution >= 4 is 5.69 Å². The highest BCUT2D eigenvalue weighted by atomic mass is 16.1. The zero-order valence-corrected chi connectivity index (χ0v) is 17.3. The zero-order valence-electron chi connectivity index (χ0n) is 17.3. The second kappa shape index (κ2) is 8.31. The van der Waals surface area contributed by atoms with Crippen molar-refractivity contribution in [2.24, 2.45) is 0 Å². The zero-order chi connectivity index (χ0) is 19.6. The third kappa shape index (κ3) is 4.11. The van der Waals surface area contributed by atoms with Crippen molar-refractivity contribution in [1.82, 2.24) is 14.9 Å². The van der Waals surface area contributed by atoms with Gasteiger partial charge in [-0.2, -0.15) is 0 Å². The standard InChI is InChI=1S/C24H32N4O/c29-24-21-17-27(16-18-8-10-20(11-9-18)28-13-4-5-14-28)15-12-22(21)25-23(26-24)19-6-2-1-3-7-19/h8-11,19H,1-7,12-17H2,(H,25,26,29). The third-order valence-corrected chi connectivity index (χ3v) is 6.97. The first-order chi connectivity index (χ1) is 14.3. The minimum Gasteiger partial charge on any atom is -0.372 e. The molecule has 1 saturated heterocycles. The normalized spacial score (nSPS) is 20.8. The molecule has 3 heterocycles. The van der Waals surface area contributed by atoms with Crippen molar-refractivity contribution < 1.29 is 0 Å². The van der Waals surface area contributed by atoms with Crippen LogP contribution in [0.4, 0.5) is 5.69 Å². The average molecular weight is 393 g/mol. The fourth-order valence-electron chi connectivity index (χ4n) is 5.25. The monoisotopic (exact) mass is 392 g/mol. The van der Waals surface area contributed by atoms with Gasteiger partial charge in [0.05, 0.1) is 11.3 Å². The van der Waals surface area contributed by atoms with Gasteiger partial charge < -0.3 is 9.88 Å². The maximum Gasteiger partial charge on any atom is 0.255 e. The summed E-state index contributed by atoms with van der Waals surface area (Å²) in [7, 11) is 0. The van der Waals surface area contributed by atoms with Crippen molar-refractivity contribution in [3.8, 4) is 0 Å². The minimum atomic E-state index is 0.0876. The molecule has 2 aliphatic heterocycles. The van der Waals surface area contributed by atoms with Crippen molar-refractivity contribution in [2.45, 2.75) is 70.4 Å². The van der Waals surface area contributed by atoms with Crippen LogP contribution in [0.1, 0.15) is 73.5 Å². The van der Waals surface area contributed by atoms with Crippen LogP contribution in [0.15, 0.2) is 29.1 Å². The number of aromatic nitrogens is 2. The van der Waals surface area contributed by atoms with Gasteiger partial charge in [0.15, 0.2) is 0 Å². The predicted molar refractivity (Wildman–Crippen MR) is 116 cm³/mol. The smallest absolute Gasteiger partial charge is 0.255 e. The molecule has 1 aromatic carbocycles. The Kier molecular flexibility index (Phi) is 5.40. The van der Waals surface area contributed by atoms with Crippen molar-refractivity contribution in [3.63, 3.8) is 0 Å². The first-order valence-corrected chi connectivity index (χ1v) is 11.4. The van der Waals surface area contributed by atoms with Gasteiger partial charge in [0.1, 0.15) is 5.82 Å². The van der Waals surface area contributed by atoms with Gasteiger partial charge in [0.2, 0.25) is 0 Å². The summed E-state index contributed by atoms with van der Waals surface area (Å²) >= 11 is 0. The van der Waals surface area contributed by atoms with Gasteiger partial charge in [-0.25, -0.2) is 4.98 Å². The van der Waals surface area contributed by atoms with E-state index in [0.717, 1.165) is 36.6 Å². The molecule has 0 radical (unpaired) electrons. The fourth-order valence-corrected chi connectivity index (χ4v) is 5.25. The number of H-pyrrole nitrogens is 1. The van der Waals surface area contributed by atoms with E-state index >= 15 is 0 Å². The SMILES string of the molecule is O=c1[nH]c(C2CCCCC2)nc2c1CN(Cc1ccc(N3CCCC3)cc1)CC2. The lowest BCUT2D eigenvalue weighted by Crippen LogP contribution is -2.36. The van der Waals surface area contributed by atoms with Crippen LogP contribution in [0.5, 0.6) is 0 Å². The molecule has 1 aliphatic carbocycles. The van der Waals surface area contributed by atoms with E-state index in [2.05, 4.69) is 39.0 Å². The Hall–Kier alpha value is -2.14. The van der Waals surface area contributed by atoms with E-state index in [-0.39, 0.29) is 5.56 Å². The fraction of sp³-hybridized carbons (Fsp3) is 0.583. The Balaban J connectivity index is 1.26. The maximum absolute atomic E-state index is 12.8. The molecule has 5 heteroatoms. The molecule has 154 valence electrons. The molecule has 29 heavy (non-hydrogen) atoms. The lowest BCUT2D eigenvalue weighted by molar-refractivity contribution is 0.241. The summed E-state index contributed by atoms with van der Waals surface area (Å²) in [5, 5.41) is 0. The molecule has 3 aliphatic rings. The summed E-state index contributed by atoms with van der Waals surface area (Å²) in [6, 6.07) is 9.00. The van der Waals surface area contributed by atoms with Crippen LogP contribution in [0.2, 0.25) is 0 Å². The van der Waals surface area contributed by atoms with Crippen LogP contribution in [0.3, 0.4) is 0 Å². The molecular formula is C24H32N4O. The lowest BCUT2D eigenvalue weighted by Gasteiger charge is -2.29. The molecule has 0 amide bonds. The molecule has 1 saturated carbocycles. The van der Waals surface area contributed by atoms with Crippen molar-refractivity contribution in [1.29, 1.82) is 0 Å². The molecule has 1 N–H and O–H groups in total. The molecule has 0 atom stereocenters. The Morgan fingerprint density at radius 1 is 0.966 bits per heavy atom. The van der Waals surface area contributed by atoms with E-state index in [1.807, 2.05) is 0 Å². The molecule has 5 nitrogen and oxygen atoms in total. The van der Waals surface area contributed by atoms with E-state index in [0.29, 0.717) is 12.5 Å². The lowest BCUT2D eigenvalue weighted by atomic mass is 9.88. The number of hydrogen-bond acceptors (Lipinski definition) is 4. The van der Waals surface area contributed by atoms with E-state index in [9.17, 15) is 4.79 Å². The maximum atomic E-state index is 12.8. The average Bonchev–Trinajstić information content (AvgIpc) is 3.30. The van der Waals surface area contributed by atoms with E-state index < -0.39 is 0 Å². The van der Waals surface area contributed by atoms with E-state index in [1.54, 1.807) is 0 Å². The second-order valence-electron chi connectivity index (χ2n) is 9.03. The number of fused-ring (bicyclic) bond motifs is 1. The van der Waals surface area contributed by atoms with Crippen LogP contribution in [-0.2, 0) is 19.5 Å². The summed E-state index contributed by atoms with van der Waals surface area (Å²) in [5.41, 5.74) is 4.66. The van der Waals surface area contributed by atoms with Gasteiger partial charge in [0, 0.05) is 50.7 Å². The van der Waals surface area contributed by atoms with Gasteiger partial charge >= 0.3 is 0 Å². The van der Waals surface area contributed by atoms with Gasteiger partial charge in [-0.1, -0.05) is 31.4 Å². The molecule has 2 aromatic rings. The van der Waals surface area contributed by atoms with Gasteiger partial charge in [-0.05, 0) is 43.4 Å². The number of benzene rings is 1. The highest BCUT2D eigenvalue weighted by Crippen LogP contribution is 2.31. The summed E-state index contributed by atoms with van der Waals surface area (Å²) in [6.45, 7) is 4.93. The molecule has 2 fully saturated rings. The third-order valence-electron chi connectivity index (χ3n) is 6.97. The van der Waals surface area contributed by atoms with E-state index in [1.165, 1.54) is 69.3 Å². The minimum absolute atomic E-state index is 0.0876. The number of nitrogens with one attached hydrogen (secondary N) is 1. The number of aromatic amines is 1.